The summed E-state index contributed by atoms with van der Waals surface area (Å²) < 4.78 is 5.32. The summed E-state index contributed by atoms with van der Waals surface area (Å²) in [6, 6.07) is 4.37. The van der Waals surface area contributed by atoms with Gasteiger partial charge in [0.2, 0.25) is 0 Å². The van der Waals surface area contributed by atoms with Gasteiger partial charge in [-0.3, -0.25) is 0 Å². The molecule has 1 fully saturated rings. The van der Waals surface area contributed by atoms with E-state index in [1.54, 1.807) is 7.11 Å². The minimum absolute atomic E-state index is 0.279. The van der Waals surface area contributed by atoms with Crippen LogP contribution in [0.3, 0.4) is 0 Å². The summed E-state index contributed by atoms with van der Waals surface area (Å²) in [6.07, 6.45) is 2.46. The van der Waals surface area contributed by atoms with Gasteiger partial charge in [-0.1, -0.05) is 6.07 Å². The molecule has 0 unspecified atom stereocenters. The standard InChI is InChI=1S/C13H19NO/c1-9-7-12(15-3)10(2)6-11(9)13(8-14)4-5-13/h6-7H,4-5,8,14H2,1-3H3. The number of benzene rings is 1. The van der Waals surface area contributed by atoms with Crippen molar-refractivity contribution in [2.75, 3.05) is 13.7 Å². The van der Waals surface area contributed by atoms with E-state index in [1.165, 1.54) is 29.5 Å². The Labute approximate surface area is 91.4 Å². The fourth-order valence-corrected chi connectivity index (χ4v) is 2.32. The third-order valence-corrected chi connectivity index (χ3v) is 3.56. The molecule has 2 rings (SSSR count). The van der Waals surface area contributed by atoms with Crippen LogP contribution in [-0.2, 0) is 5.41 Å². The number of methoxy groups -OCH3 is 1. The Balaban J connectivity index is 2.45. The molecule has 1 aromatic carbocycles. The van der Waals surface area contributed by atoms with Crippen molar-refractivity contribution in [1.29, 1.82) is 0 Å². The third kappa shape index (κ3) is 1.63. The average Bonchev–Trinajstić information content (AvgIpc) is 3.01. The molecule has 1 saturated carbocycles. The van der Waals surface area contributed by atoms with Crippen molar-refractivity contribution < 1.29 is 4.74 Å². The van der Waals surface area contributed by atoms with Crippen LogP contribution in [0.4, 0.5) is 0 Å². The summed E-state index contributed by atoms with van der Waals surface area (Å²) in [5, 5.41) is 0. The molecular formula is C13H19NO. The van der Waals surface area contributed by atoms with Gasteiger partial charge >= 0.3 is 0 Å². The predicted octanol–water partition coefficient (Wildman–Crippen LogP) is 2.30. The number of hydrogen-bond acceptors (Lipinski definition) is 2. The van der Waals surface area contributed by atoms with Crippen LogP contribution in [-0.4, -0.2) is 13.7 Å². The molecule has 2 heteroatoms. The van der Waals surface area contributed by atoms with E-state index in [0.717, 1.165) is 12.3 Å². The molecule has 0 radical (unpaired) electrons. The number of nitrogens with two attached hydrogens (primary N) is 1. The zero-order valence-corrected chi connectivity index (χ0v) is 9.76. The molecular weight excluding hydrogens is 186 g/mol. The number of ether oxygens (including phenoxy) is 1. The van der Waals surface area contributed by atoms with Gasteiger partial charge in [0.25, 0.3) is 0 Å². The van der Waals surface area contributed by atoms with Crippen LogP contribution in [0.25, 0.3) is 0 Å². The smallest absolute Gasteiger partial charge is 0.122 e. The summed E-state index contributed by atoms with van der Waals surface area (Å²) in [4.78, 5) is 0. The maximum atomic E-state index is 5.86. The van der Waals surface area contributed by atoms with E-state index in [9.17, 15) is 0 Å². The largest absolute Gasteiger partial charge is 0.496 e. The molecule has 0 saturated heterocycles. The second kappa shape index (κ2) is 3.53. The topological polar surface area (TPSA) is 35.2 Å². The first kappa shape index (κ1) is 10.5. The Morgan fingerprint density at radius 2 is 1.93 bits per heavy atom. The summed E-state index contributed by atoms with van der Waals surface area (Å²) in [6.45, 7) is 5.00. The summed E-state index contributed by atoms with van der Waals surface area (Å²) >= 11 is 0. The van der Waals surface area contributed by atoms with Gasteiger partial charge in [0.15, 0.2) is 0 Å². The van der Waals surface area contributed by atoms with Crippen molar-refractivity contribution in [2.45, 2.75) is 32.1 Å². The van der Waals surface area contributed by atoms with Crippen LogP contribution in [0, 0.1) is 13.8 Å². The summed E-state index contributed by atoms with van der Waals surface area (Å²) in [7, 11) is 1.72. The van der Waals surface area contributed by atoms with Gasteiger partial charge in [-0.05, 0) is 49.4 Å². The molecule has 1 aliphatic rings. The van der Waals surface area contributed by atoms with Gasteiger partial charge in [-0.2, -0.15) is 0 Å². The third-order valence-electron chi connectivity index (χ3n) is 3.56. The van der Waals surface area contributed by atoms with E-state index >= 15 is 0 Å². The van der Waals surface area contributed by atoms with E-state index in [0.29, 0.717) is 0 Å². The second-order valence-corrected chi connectivity index (χ2v) is 4.62. The Kier molecular flexibility index (Phi) is 2.47. The van der Waals surface area contributed by atoms with Gasteiger partial charge in [-0.25, -0.2) is 0 Å². The van der Waals surface area contributed by atoms with Gasteiger partial charge in [0, 0.05) is 12.0 Å². The maximum absolute atomic E-state index is 5.86. The Morgan fingerprint density at radius 3 is 2.40 bits per heavy atom. The van der Waals surface area contributed by atoms with Gasteiger partial charge in [0.1, 0.15) is 5.75 Å². The van der Waals surface area contributed by atoms with Crippen molar-refractivity contribution in [3.63, 3.8) is 0 Å². The van der Waals surface area contributed by atoms with Crippen LogP contribution in [0.15, 0.2) is 12.1 Å². The van der Waals surface area contributed by atoms with Crippen molar-refractivity contribution in [3.8, 4) is 5.75 Å². The van der Waals surface area contributed by atoms with Crippen LogP contribution >= 0.6 is 0 Å². The second-order valence-electron chi connectivity index (χ2n) is 4.62. The van der Waals surface area contributed by atoms with E-state index in [4.69, 9.17) is 10.5 Å². The molecule has 0 spiro atoms. The quantitative estimate of drug-likeness (QED) is 0.821. The summed E-state index contributed by atoms with van der Waals surface area (Å²) in [5.74, 6) is 0.976. The minimum Gasteiger partial charge on any atom is -0.496 e. The van der Waals surface area contributed by atoms with E-state index in [2.05, 4.69) is 26.0 Å². The Hall–Kier alpha value is -1.02. The Bertz CT molecular complexity index is 380. The van der Waals surface area contributed by atoms with Gasteiger partial charge < -0.3 is 10.5 Å². The highest BCUT2D eigenvalue weighted by Gasteiger charge is 2.43. The average molecular weight is 205 g/mol. The molecule has 0 amide bonds. The molecule has 82 valence electrons. The Morgan fingerprint density at radius 1 is 1.27 bits per heavy atom. The van der Waals surface area contributed by atoms with E-state index in [1.807, 2.05) is 0 Å². The SMILES string of the molecule is COc1cc(C)c(C2(CN)CC2)cc1C. The van der Waals surface area contributed by atoms with Crippen molar-refractivity contribution in [2.24, 2.45) is 5.73 Å². The lowest BCUT2D eigenvalue weighted by molar-refractivity contribution is 0.411. The molecule has 2 N–H and O–H groups in total. The highest BCUT2D eigenvalue weighted by atomic mass is 16.5. The molecule has 1 aromatic rings. The van der Waals surface area contributed by atoms with Crippen LogP contribution in [0.1, 0.15) is 29.5 Å². The van der Waals surface area contributed by atoms with Crippen molar-refractivity contribution in [3.05, 3.63) is 28.8 Å². The lowest BCUT2D eigenvalue weighted by Crippen LogP contribution is -2.21. The predicted molar refractivity (Wildman–Crippen MR) is 62.4 cm³/mol. The van der Waals surface area contributed by atoms with Crippen molar-refractivity contribution in [1.82, 2.24) is 0 Å². The molecule has 2 nitrogen and oxygen atoms in total. The maximum Gasteiger partial charge on any atom is 0.122 e. The zero-order valence-electron chi connectivity index (χ0n) is 9.76. The van der Waals surface area contributed by atoms with Crippen LogP contribution in [0.2, 0.25) is 0 Å². The lowest BCUT2D eigenvalue weighted by Gasteiger charge is -2.18. The minimum atomic E-state index is 0.279. The van der Waals surface area contributed by atoms with Gasteiger partial charge in [-0.15, -0.1) is 0 Å². The first-order valence-electron chi connectivity index (χ1n) is 5.49. The molecule has 0 aromatic heterocycles. The van der Waals surface area contributed by atoms with E-state index in [-0.39, 0.29) is 5.41 Å². The molecule has 15 heavy (non-hydrogen) atoms. The number of rotatable bonds is 3. The number of hydrogen-bond donors (Lipinski definition) is 1. The van der Waals surface area contributed by atoms with E-state index < -0.39 is 0 Å². The monoisotopic (exact) mass is 205 g/mol. The zero-order chi connectivity index (χ0) is 11.1. The molecule has 0 atom stereocenters. The molecule has 0 heterocycles. The fraction of sp³-hybridized carbons (Fsp3) is 0.538. The first-order valence-corrected chi connectivity index (χ1v) is 5.49. The highest BCUT2D eigenvalue weighted by Crippen LogP contribution is 2.49. The lowest BCUT2D eigenvalue weighted by atomic mass is 9.90. The first-order chi connectivity index (χ1) is 7.13. The highest BCUT2D eigenvalue weighted by molar-refractivity contribution is 5.47. The van der Waals surface area contributed by atoms with Crippen LogP contribution in [0.5, 0.6) is 5.75 Å². The molecule has 0 aliphatic heterocycles. The fourth-order valence-electron chi connectivity index (χ4n) is 2.32. The number of aryl methyl sites for hydroxylation is 2. The van der Waals surface area contributed by atoms with Gasteiger partial charge in [0.05, 0.1) is 7.11 Å². The summed E-state index contributed by atoms with van der Waals surface area (Å²) in [5.41, 5.74) is 10.1. The molecule has 1 aliphatic carbocycles. The molecule has 0 bridgehead atoms. The van der Waals surface area contributed by atoms with Crippen LogP contribution < -0.4 is 10.5 Å². The van der Waals surface area contributed by atoms with Crippen molar-refractivity contribution >= 4 is 0 Å². The normalized spacial score (nSPS) is 17.6.